The molecule has 0 radical (unpaired) electrons. The molecule has 5 aromatic carbocycles. The van der Waals surface area contributed by atoms with Crippen LogP contribution in [0.3, 0.4) is 0 Å². The molecular weight excluding hydrogens is 576 g/mol. The fourth-order valence-electron chi connectivity index (χ4n) is 7.53. The Labute approximate surface area is 272 Å². The average molecular weight is 607 g/mol. The fourth-order valence-corrected chi connectivity index (χ4v) is 7.53. The lowest BCUT2D eigenvalue weighted by molar-refractivity contribution is 0.729. The molecule has 1 aliphatic heterocycles. The second-order valence-electron chi connectivity index (χ2n) is 12.2. The largest absolute Gasteiger partial charge is 0.310 e. The Kier molecular flexibility index (Phi) is 6.05. The Balaban J connectivity index is 1.37. The molecule has 47 heavy (non-hydrogen) atoms. The summed E-state index contributed by atoms with van der Waals surface area (Å²) in [7, 11) is 0. The molecule has 0 aliphatic carbocycles. The molecule has 8 aromatic rings. The molecule has 0 fully saturated rings. The van der Waals surface area contributed by atoms with Gasteiger partial charge in [-0.15, -0.1) is 0 Å². The number of anilines is 3. The number of rotatable bonds is 4. The Morgan fingerprint density at radius 3 is 1.79 bits per heavy atom. The van der Waals surface area contributed by atoms with Crippen LogP contribution >= 0.6 is 0 Å². The van der Waals surface area contributed by atoms with E-state index in [-0.39, 0.29) is 0 Å². The smallest absolute Gasteiger partial charge is 0.237 e. The SMILES string of the molecule is Cc1ccc2c(c1)C(c1ccccc1)(c1ccccc1)c1cc(C)ccc1N2c1ccc2c(c1)c1ncccc1n2-c1ncncn1. The van der Waals surface area contributed by atoms with Crippen molar-refractivity contribution in [2.45, 2.75) is 19.3 Å². The van der Waals surface area contributed by atoms with E-state index < -0.39 is 5.41 Å². The van der Waals surface area contributed by atoms with Crippen LogP contribution in [0.1, 0.15) is 33.4 Å². The first-order valence-electron chi connectivity index (χ1n) is 15.8. The molecule has 0 saturated heterocycles. The van der Waals surface area contributed by atoms with Gasteiger partial charge in [-0.1, -0.05) is 96.1 Å². The molecule has 0 N–H and O–H groups in total. The van der Waals surface area contributed by atoms with Gasteiger partial charge in [-0.05, 0) is 78.6 Å². The first-order valence-corrected chi connectivity index (χ1v) is 15.8. The van der Waals surface area contributed by atoms with Crippen molar-refractivity contribution in [3.63, 3.8) is 0 Å². The Bertz CT molecular complexity index is 2340. The first-order chi connectivity index (χ1) is 23.1. The van der Waals surface area contributed by atoms with E-state index in [1.807, 2.05) is 12.3 Å². The van der Waals surface area contributed by atoms with Crippen molar-refractivity contribution in [2.24, 2.45) is 0 Å². The summed E-state index contributed by atoms with van der Waals surface area (Å²) >= 11 is 0. The van der Waals surface area contributed by atoms with E-state index in [0.717, 1.165) is 39.0 Å². The number of aryl methyl sites for hydroxylation is 2. The highest BCUT2D eigenvalue weighted by Crippen LogP contribution is 2.58. The lowest BCUT2D eigenvalue weighted by Crippen LogP contribution is -2.38. The normalized spacial score (nSPS) is 13.4. The predicted octanol–water partition coefficient (Wildman–Crippen LogP) is 9.15. The number of benzene rings is 5. The van der Waals surface area contributed by atoms with Crippen molar-refractivity contribution in [3.8, 4) is 5.95 Å². The van der Waals surface area contributed by atoms with E-state index in [2.05, 4.69) is 160 Å². The molecule has 9 rings (SSSR count). The van der Waals surface area contributed by atoms with Crippen molar-refractivity contribution < 1.29 is 0 Å². The van der Waals surface area contributed by atoms with Crippen LogP contribution in [-0.2, 0) is 5.41 Å². The summed E-state index contributed by atoms with van der Waals surface area (Å²) in [5, 5.41) is 1.03. The molecule has 6 heteroatoms. The molecule has 224 valence electrons. The molecule has 0 saturated carbocycles. The van der Waals surface area contributed by atoms with Crippen LogP contribution in [0.25, 0.3) is 27.9 Å². The van der Waals surface area contributed by atoms with E-state index in [4.69, 9.17) is 4.98 Å². The molecule has 1 aliphatic rings. The van der Waals surface area contributed by atoms with Crippen LogP contribution in [-0.4, -0.2) is 24.5 Å². The third-order valence-corrected chi connectivity index (χ3v) is 9.45. The third kappa shape index (κ3) is 3.98. The van der Waals surface area contributed by atoms with Gasteiger partial charge >= 0.3 is 0 Å². The minimum atomic E-state index is -0.526. The maximum absolute atomic E-state index is 4.85. The van der Waals surface area contributed by atoms with Crippen molar-refractivity contribution >= 4 is 39.0 Å². The van der Waals surface area contributed by atoms with Crippen LogP contribution in [0.2, 0.25) is 0 Å². The molecule has 6 nitrogen and oxygen atoms in total. The van der Waals surface area contributed by atoms with Crippen molar-refractivity contribution in [2.75, 3.05) is 4.90 Å². The minimum absolute atomic E-state index is 0.526. The van der Waals surface area contributed by atoms with Crippen LogP contribution < -0.4 is 4.90 Å². The summed E-state index contributed by atoms with van der Waals surface area (Å²) < 4.78 is 2.06. The Morgan fingerprint density at radius 2 is 1.17 bits per heavy atom. The number of nitrogens with zero attached hydrogens (tertiary/aromatic N) is 6. The highest BCUT2D eigenvalue weighted by atomic mass is 15.2. The second kappa shape index (κ2) is 10.5. The Hall–Kier alpha value is -6.14. The third-order valence-electron chi connectivity index (χ3n) is 9.45. The van der Waals surface area contributed by atoms with Gasteiger partial charge in [0.2, 0.25) is 5.95 Å². The van der Waals surface area contributed by atoms with Crippen molar-refractivity contribution in [3.05, 3.63) is 180 Å². The van der Waals surface area contributed by atoms with Gasteiger partial charge < -0.3 is 4.90 Å². The zero-order chi connectivity index (χ0) is 31.5. The van der Waals surface area contributed by atoms with Gasteiger partial charge in [-0.3, -0.25) is 9.55 Å². The topological polar surface area (TPSA) is 59.7 Å². The van der Waals surface area contributed by atoms with Crippen molar-refractivity contribution in [1.29, 1.82) is 0 Å². The van der Waals surface area contributed by atoms with Gasteiger partial charge in [0.1, 0.15) is 12.7 Å². The highest BCUT2D eigenvalue weighted by molar-refractivity contribution is 6.08. The predicted molar refractivity (Wildman–Crippen MR) is 188 cm³/mol. The van der Waals surface area contributed by atoms with E-state index in [1.165, 1.54) is 46.0 Å². The molecule has 0 spiro atoms. The van der Waals surface area contributed by atoms with Crippen LogP contribution in [0.4, 0.5) is 17.1 Å². The van der Waals surface area contributed by atoms with E-state index in [0.29, 0.717) is 5.95 Å². The van der Waals surface area contributed by atoms with Crippen LogP contribution in [0.15, 0.2) is 146 Å². The summed E-state index contributed by atoms with van der Waals surface area (Å²) in [6, 6.07) is 46.3. The lowest BCUT2D eigenvalue weighted by atomic mass is 9.62. The lowest BCUT2D eigenvalue weighted by Gasteiger charge is -2.47. The summed E-state index contributed by atoms with van der Waals surface area (Å²) in [4.78, 5) is 20.3. The van der Waals surface area contributed by atoms with E-state index in [1.54, 1.807) is 0 Å². The summed E-state index contributed by atoms with van der Waals surface area (Å²) in [6.07, 6.45) is 4.90. The summed E-state index contributed by atoms with van der Waals surface area (Å²) in [5.74, 6) is 0.566. The van der Waals surface area contributed by atoms with Gasteiger partial charge in [-0.2, -0.15) is 0 Å². The number of fused-ring (bicyclic) bond motifs is 5. The maximum Gasteiger partial charge on any atom is 0.237 e. The number of hydrogen-bond donors (Lipinski definition) is 0. The quantitative estimate of drug-likeness (QED) is 0.200. The monoisotopic (exact) mass is 606 g/mol. The zero-order valence-corrected chi connectivity index (χ0v) is 26.0. The van der Waals surface area contributed by atoms with Gasteiger partial charge in [0.05, 0.1) is 33.3 Å². The standard InChI is InChI=1S/C41H30N6/c1-27-15-18-36-33(22-27)41(29-10-5-3-6-11-29,30-12-7-4-8-13-30)34-23-28(2)16-19-37(34)46(36)31-17-20-35-32(24-31)39-38(14-9-21-43-39)47(35)40-44-25-42-26-45-40/h3-26H,1-2H3. The molecule has 0 bridgehead atoms. The van der Waals surface area contributed by atoms with Gasteiger partial charge in [0.25, 0.3) is 0 Å². The average Bonchev–Trinajstić information content (AvgIpc) is 3.45. The van der Waals surface area contributed by atoms with E-state index >= 15 is 0 Å². The second-order valence-corrected chi connectivity index (χ2v) is 12.2. The van der Waals surface area contributed by atoms with Crippen LogP contribution in [0, 0.1) is 13.8 Å². The van der Waals surface area contributed by atoms with Gasteiger partial charge in [0, 0.05) is 17.3 Å². The highest BCUT2D eigenvalue weighted by Gasteiger charge is 2.46. The minimum Gasteiger partial charge on any atom is -0.310 e. The van der Waals surface area contributed by atoms with Crippen molar-refractivity contribution in [1.82, 2.24) is 24.5 Å². The first kappa shape index (κ1) is 27.2. The van der Waals surface area contributed by atoms with Gasteiger partial charge in [0.15, 0.2) is 0 Å². The van der Waals surface area contributed by atoms with E-state index in [9.17, 15) is 0 Å². The van der Waals surface area contributed by atoms with Gasteiger partial charge in [-0.25, -0.2) is 15.0 Å². The maximum atomic E-state index is 4.85. The number of hydrogen-bond acceptors (Lipinski definition) is 5. The molecule has 0 amide bonds. The number of pyridine rings is 1. The fraction of sp³-hybridized carbons (Fsp3) is 0.0732. The molecule has 3 aromatic heterocycles. The number of aromatic nitrogens is 5. The molecular formula is C41H30N6. The summed E-state index contributed by atoms with van der Waals surface area (Å²) in [6.45, 7) is 4.37. The molecule has 0 atom stereocenters. The van der Waals surface area contributed by atoms with Crippen LogP contribution in [0.5, 0.6) is 0 Å². The zero-order valence-electron chi connectivity index (χ0n) is 26.0. The summed E-state index contributed by atoms with van der Waals surface area (Å²) in [5.41, 5.74) is 13.1. The molecule has 4 heterocycles. The Morgan fingerprint density at radius 1 is 0.553 bits per heavy atom. The molecule has 0 unspecified atom stereocenters.